The third-order valence-electron chi connectivity index (χ3n) is 4.52. The van der Waals surface area contributed by atoms with E-state index in [9.17, 15) is 32.9 Å². The molecule has 1 aromatic carbocycles. The van der Waals surface area contributed by atoms with E-state index in [2.05, 4.69) is 20.3 Å². The molecule has 2 heterocycles. The molecule has 0 fully saturated rings. The number of alkyl halides is 3. The van der Waals surface area contributed by atoms with Crippen molar-refractivity contribution >= 4 is 34.8 Å². The van der Waals surface area contributed by atoms with Crippen LogP contribution in [0, 0.1) is 10.1 Å². The van der Waals surface area contributed by atoms with Crippen LogP contribution in [0.5, 0.6) is 10.9 Å². The van der Waals surface area contributed by atoms with Gasteiger partial charge in [0.05, 0.1) is 10.5 Å². The molecule has 0 saturated heterocycles. The number of carbonyl (C=O) groups is 2. The van der Waals surface area contributed by atoms with Gasteiger partial charge in [-0.2, -0.15) is 4.39 Å². The maximum absolute atomic E-state index is 13.3. The average molecular weight is 540 g/mol. The standard InChI is InChI=1S/C21H19F3N6O6S/c1-29(2)9-12-15(19(31)26-13-7-8-14(28-27-13)35-18(24)17(22)23)20(36-21(25)32)37-16(12)10-3-5-11(6-4-10)30(33)34/h3-8,17-18H,9H2,1-2H3,(H2,25,32)(H,26,27,31). The Hall–Kier alpha value is -4.31. The summed E-state index contributed by atoms with van der Waals surface area (Å²) in [5, 5.41) is 20.4. The first-order valence-corrected chi connectivity index (χ1v) is 11.0. The van der Waals surface area contributed by atoms with Gasteiger partial charge in [0.25, 0.3) is 18.0 Å². The number of nitro benzene ring substituents is 1. The second-order valence-electron chi connectivity index (χ2n) is 7.55. The molecule has 196 valence electrons. The number of nitrogens with one attached hydrogen (secondary N) is 1. The number of nitro groups is 1. The van der Waals surface area contributed by atoms with Gasteiger partial charge >= 0.3 is 12.5 Å². The zero-order chi connectivity index (χ0) is 27.3. The second-order valence-corrected chi connectivity index (χ2v) is 8.53. The molecular formula is C21H19F3N6O6S. The van der Waals surface area contributed by atoms with Gasteiger partial charge < -0.3 is 25.4 Å². The number of thiophene rings is 1. The fraction of sp³-hybridized carbons (Fsp3) is 0.238. The van der Waals surface area contributed by atoms with Crippen LogP contribution < -0.4 is 20.5 Å². The Morgan fingerprint density at radius 2 is 1.84 bits per heavy atom. The molecule has 0 aliphatic heterocycles. The predicted octanol–water partition coefficient (Wildman–Crippen LogP) is 3.82. The number of primary amides is 1. The summed E-state index contributed by atoms with van der Waals surface area (Å²) >= 11 is 0.925. The number of amides is 2. The van der Waals surface area contributed by atoms with Crippen LogP contribution in [0.25, 0.3) is 10.4 Å². The zero-order valence-electron chi connectivity index (χ0n) is 19.2. The molecule has 1 atom stereocenters. The van der Waals surface area contributed by atoms with Crippen molar-refractivity contribution in [1.29, 1.82) is 0 Å². The van der Waals surface area contributed by atoms with Crippen LogP contribution >= 0.6 is 11.3 Å². The van der Waals surface area contributed by atoms with Crippen molar-refractivity contribution in [3.05, 3.63) is 57.6 Å². The fourth-order valence-corrected chi connectivity index (χ4v) is 4.24. The van der Waals surface area contributed by atoms with Crippen LogP contribution in [-0.4, -0.2) is 58.9 Å². The van der Waals surface area contributed by atoms with Gasteiger partial charge in [-0.1, -0.05) is 11.3 Å². The van der Waals surface area contributed by atoms with E-state index < -0.39 is 35.6 Å². The van der Waals surface area contributed by atoms with Crippen molar-refractivity contribution < 1.29 is 37.2 Å². The van der Waals surface area contributed by atoms with Crippen LogP contribution in [0.3, 0.4) is 0 Å². The Balaban J connectivity index is 1.99. The number of ether oxygens (including phenoxy) is 2. The van der Waals surface area contributed by atoms with Crippen molar-refractivity contribution in [2.24, 2.45) is 5.73 Å². The molecule has 0 spiro atoms. The number of carbonyl (C=O) groups excluding carboxylic acids is 2. The summed E-state index contributed by atoms with van der Waals surface area (Å²) in [6.07, 6.45) is -7.47. The molecule has 3 aromatic rings. The topological polar surface area (TPSA) is 163 Å². The summed E-state index contributed by atoms with van der Waals surface area (Å²) in [5.74, 6) is -1.46. The molecular weight excluding hydrogens is 521 g/mol. The van der Waals surface area contributed by atoms with Gasteiger partial charge in [-0.05, 0) is 37.9 Å². The van der Waals surface area contributed by atoms with Gasteiger partial charge in [-0.25, -0.2) is 13.6 Å². The molecule has 1 unspecified atom stereocenters. The molecule has 2 amide bonds. The quantitative estimate of drug-likeness (QED) is 0.287. The van der Waals surface area contributed by atoms with Crippen molar-refractivity contribution in [2.45, 2.75) is 19.3 Å². The van der Waals surface area contributed by atoms with Gasteiger partial charge in [0, 0.05) is 35.2 Å². The van der Waals surface area contributed by atoms with Crippen LogP contribution in [0.2, 0.25) is 0 Å². The van der Waals surface area contributed by atoms with E-state index in [4.69, 9.17) is 10.5 Å². The van der Waals surface area contributed by atoms with E-state index in [0.29, 0.717) is 16.0 Å². The summed E-state index contributed by atoms with van der Waals surface area (Å²) in [7, 11) is 3.46. The van der Waals surface area contributed by atoms with Crippen LogP contribution in [0.15, 0.2) is 36.4 Å². The minimum Gasteiger partial charge on any atom is -0.436 e. The number of non-ortho nitro benzene ring substituents is 1. The first-order valence-electron chi connectivity index (χ1n) is 10.2. The molecule has 37 heavy (non-hydrogen) atoms. The summed E-state index contributed by atoms with van der Waals surface area (Å²) < 4.78 is 47.0. The summed E-state index contributed by atoms with van der Waals surface area (Å²) in [6, 6.07) is 7.72. The number of anilines is 1. The molecule has 0 aliphatic rings. The highest BCUT2D eigenvalue weighted by Crippen LogP contribution is 2.43. The van der Waals surface area contributed by atoms with Gasteiger partial charge in [0.2, 0.25) is 5.88 Å². The molecule has 12 nitrogen and oxygen atoms in total. The first-order chi connectivity index (χ1) is 17.5. The molecule has 2 aromatic heterocycles. The molecule has 0 aliphatic carbocycles. The number of halogens is 3. The largest absolute Gasteiger partial charge is 0.436 e. The third-order valence-corrected chi connectivity index (χ3v) is 5.68. The molecule has 0 bridgehead atoms. The molecule has 3 N–H and O–H groups in total. The Morgan fingerprint density at radius 1 is 1.16 bits per heavy atom. The number of nitrogens with two attached hydrogens (primary N) is 1. The first kappa shape index (κ1) is 27.3. The Labute approximate surface area is 210 Å². The van der Waals surface area contributed by atoms with Gasteiger partial charge in [-0.15, -0.1) is 10.2 Å². The van der Waals surface area contributed by atoms with Crippen LogP contribution in [0.4, 0.5) is 29.5 Å². The maximum atomic E-state index is 13.3. The minimum atomic E-state index is -3.39. The Bertz CT molecular complexity index is 1290. The van der Waals surface area contributed by atoms with Crippen molar-refractivity contribution in [1.82, 2.24) is 15.1 Å². The van der Waals surface area contributed by atoms with Crippen LogP contribution in [-0.2, 0) is 6.54 Å². The number of benzene rings is 1. The highest BCUT2D eigenvalue weighted by atomic mass is 32.1. The molecule has 0 saturated carbocycles. The fourth-order valence-electron chi connectivity index (χ4n) is 3.06. The molecule has 3 rings (SSSR count). The number of rotatable bonds is 10. The number of nitrogens with zero attached hydrogens (tertiary/aromatic N) is 4. The van der Waals surface area contributed by atoms with Crippen molar-refractivity contribution in [3.63, 3.8) is 0 Å². The highest BCUT2D eigenvalue weighted by Gasteiger charge is 2.28. The zero-order valence-corrected chi connectivity index (χ0v) is 20.0. The lowest BCUT2D eigenvalue weighted by atomic mass is 10.0. The minimum absolute atomic E-state index is 0.0606. The lowest BCUT2D eigenvalue weighted by Crippen LogP contribution is -2.22. The molecule has 16 heteroatoms. The Kier molecular flexibility index (Phi) is 8.56. The van der Waals surface area contributed by atoms with E-state index in [1.165, 1.54) is 24.3 Å². The van der Waals surface area contributed by atoms with E-state index in [0.717, 1.165) is 23.5 Å². The molecule has 0 radical (unpaired) electrons. The van der Waals surface area contributed by atoms with Gasteiger partial charge in [-0.3, -0.25) is 14.9 Å². The van der Waals surface area contributed by atoms with Crippen molar-refractivity contribution in [2.75, 3.05) is 19.4 Å². The lowest BCUT2D eigenvalue weighted by molar-refractivity contribution is -0.384. The summed E-state index contributed by atoms with van der Waals surface area (Å²) in [5.41, 5.74) is 5.92. The number of aromatic nitrogens is 2. The maximum Gasteiger partial charge on any atom is 0.410 e. The number of hydrogen-bond acceptors (Lipinski definition) is 10. The monoisotopic (exact) mass is 540 g/mol. The normalized spacial score (nSPS) is 11.9. The highest BCUT2D eigenvalue weighted by molar-refractivity contribution is 7.18. The summed E-state index contributed by atoms with van der Waals surface area (Å²) in [4.78, 5) is 37.5. The van der Waals surface area contributed by atoms with Gasteiger partial charge in [0.15, 0.2) is 10.9 Å². The lowest BCUT2D eigenvalue weighted by Gasteiger charge is -2.14. The predicted molar refractivity (Wildman–Crippen MR) is 126 cm³/mol. The average Bonchev–Trinajstić information content (AvgIpc) is 3.16. The van der Waals surface area contributed by atoms with E-state index in [-0.39, 0.29) is 28.7 Å². The van der Waals surface area contributed by atoms with Gasteiger partial charge in [0.1, 0.15) is 0 Å². The van der Waals surface area contributed by atoms with E-state index >= 15 is 0 Å². The second kappa shape index (κ2) is 11.6. The third kappa shape index (κ3) is 6.89. The Morgan fingerprint density at radius 3 is 2.35 bits per heavy atom. The van der Waals surface area contributed by atoms with Crippen LogP contribution in [0.1, 0.15) is 15.9 Å². The van der Waals surface area contributed by atoms with E-state index in [1.807, 2.05) is 0 Å². The van der Waals surface area contributed by atoms with Crippen molar-refractivity contribution in [3.8, 4) is 21.4 Å². The number of hydrogen-bond donors (Lipinski definition) is 2. The smallest absolute Gasteiger partial charge is 0.410 e. The SMILES string of the molecule is CN(C)Cc1c(-c2ccc([N+](=O)[O-])cc2)sc(OC(N)=O)c1C(=O)Nc1ccc(OC(F)C(F)F)nn1. The van der Waals surface area contributed by atoms with E-state index in [1.54, 1.807) is 19.0 Å². The summed E-state index contributed by atoms with van der Waals surface area (Å²) in [6.45, 7) is 0.192.